The van der Waals surface area contributed by atoms with Crippen LogP contribution < -0.4 is 0 Å². The quantitative estimate of drug-likeness (QED) is 0.362. The van der Waals surface area contributed by atoms with Crippen molar-refractivity contribution in [3.63, 3.8) is 0 Å². The number of sulfonamides is 1. The van der Waals surface area contributed by atoms with Crippen LogP contribution in [0.1, 0.15) is 18.0 Å². The average Bonchev–Trinajstić information content (AvgIpc) is 2.72. The molecule has 0 N–H and O–H groups in total. The van der Waals surface area contributed by atoms with Gasteiger partial charge < -0.3 is 0 Å². The highest BCUT2D eigenvalue weighted by Crippen LogP contribution is 2.41. The van der Waals surface area contributed by atoms with E-state index in [-0.39, 0.29) is 6.42 Å². The predicted octanol–water partition coefficient (Wildman–Crippen LogP) is 3.92. The fourth-order valence-corrected chi connectivity index (χ4v) is 5.16. The van der Waals surface area contributed by atoms with Crippen molar-refractivity contribution in [2.75, 3.05) is 0 Å². The Morgan fingerprint density at radius 3 is 2.07 bits per heavy atom. The second-order valence-electron chi connectivity index (χ2n) is 6.63. The minimum absolute atomic E-state index is 0.0323. The van der Waals surface area contributed by atoms with Gasteiger partial charge in [-0.15, -0.1) is 0 Å². The Labute approximate surface area is 167 Å². The van der Waals surface area contributed by atoms with Gasteiger partial charge in [-0.25, -0.2) is 12.7 Å². The molecule has 0 aliphatic carbocycles. The molecule has 0 spiro atoms. The Bertz CT molecular complexity index is 1190. The molecule has 0 saturated carbocycles. The third kappa shape index (κ3) is 3.27. The topological polar surface area (TPSA) is 97.6 Å². The lowest BCUT2D eigenvalue weighted by Gasteiger charge is -2.39. The molecule has 1 atom stereocenters. The molecule has 1 heterocycles. The maximum Gasteiger partial charge on any atom is 0.289 e. The molecule has 1 fully saturated rings. The number of carbonyl (C=O) groups excluding carboxylic acids is 1. The third-order valence-electron chi connectivity index (χ3n) is 4.90. The molecule has 1 aliphatic rings. The largest absolute Gasteiger partial charge is 0.289 e. The summed E-state index contributed by atoms with van der Waals surface area (Å²) in [7, 11) is -4.34. The second-order valence-corrected chi connectivity index (χ2v) is 8.41. The second kappa shape index (κ2) is 7.14. The third-order valence-corrected chi connectivity index (χ3v) is 6.78. The molecule has 4 rings (SSSR count). The first-order chi connectivity index (χ1) is 13.9. The summed E-state index contributed by atoms with van der Waals surface area (Å²) in [6.07, 6.45) is 0.0323. The first kappa shape index (κ1) is 18.8. The van der Waals surface area contributed by atoms with E-state index in [1.807, 2.05) is 42.5 Å². The Balaban J connectivity index is 1.67. The summed E-state index contributed by atoms with van der Waals surface area (Å²) in [6.45, 7) is 0. The van der Waals surface area contributed by atoms with Gasteiger partial charge in [0.15, 0.2) is 4.90 Å². The van der Waals surface area contributed by atoms with Gasteiger partial charge in [0.1, 0.15) is 0 Å². The normalized spacial score (nSPS) is 16.3. The van der Waals surface area contributed by atoms with Crippen LogP contribution in [-0.4, -0.2) is 23.6 Å². The molecule has 1 aliphatic heterocycles. The van der Waals surface area contributed by atoms with Crippen LogP contribution in [0.2, 0.25) is 0 Å². The maximum absolute atomic E-state index is 13.0. The minimum Gasteiger partial charge on any atom is -0.274 e. The number of nitrogens with zero attached hydrogens (tertiary/aromatic N) is 2. The number of carbonyl (C=O) groups is 1. The molecule has 1 saturated heterocycles. The van der Waals surface area contributed by atoms with E-state index in [0.717, 1.165) is 27.6 Å². The number of hydrogen-bond acceptors (Lipinski definition) is 5. The summed E-state index contributed by atoms with van der Waals surface area (Å²) in [6, 6.07) is 21.3. The summed E-state index contributed by atoms with van der Waals surface area (Å²) in [5, 5.41) is 11.2. The number of benzene rings is 3. The monoisotopic (exact) mass is 408 g/mol. The van der Waals surface area contributed by atoms with E-state index in [1.165, 1.54) is 12.1 Å². The highest BCUT2D eigenvalue weighted by molar-refractivity contribution is 7.90. The number of β-lactam (4-membered cyclic amide) rings is 1. The highest BCUT2D eigenvalue weighted by atomic mass is 32.2. The lowest BCUT2D eigenvalue weighted by molar-refractivity contribution is -0.387. The molecule has 3 aromatic rings. The molecule has 1 amide bonds. The van der Waals surface area contributed by atoms with Gasteiger partial charge in [0.25, 0.3) is 15.7 Å². The molecule has 0 radical (unpaired) electrons. The zero-order chi connectivity index (χ0) is 20.6. The molecule has 0 unspecified atom stereocenters. The van der Waals surface area contributed by atoms with E-state index in [0.29, 0.717) is 5.56 Å². The maximum atomic E-state index is 13.0. The molecule has 29 heavy (non-hydrogen) atoms. The van der Waals surface area contributed by atoms with Gasteiger partial charge in [0.2, 0.25) is 5.91 Å². The fourth-order valence-electron chi connectivity index (χ4n) is 3.41. The highest BCUT2D eigenvalue weighted by Gasteiger charge is 2.47. The van der Waals surface area contributed by atoms with E-state index in [2.05, 4.69) is 0 Å². The van der Waals surface area contributed by atoms with Crippen LogP contribution in [0.4, 0.5) is 5.69 Å². The van der Waals surface area contributed by atoms with Gasteiger partial charge in [-0.05, 0) is 22.8 Å². The molecule has 3 aromatic carbocycles. The lowest BCUT2D eigenvalue weighted by Crippen LogP contribution is -2.49. The molecular formula is C21H16N2O5S. The Kier molecular flexibility index (Phi) is 4.63. The van der Waals surface area contributed by atoms with Crippen molar-refractivity contribution < 1.29 is 18.1 Å². The van der Waals surface area contributed by atoms with Crippen molar-refractivity contribution in [2.45, 2.75) is 17.4 Å². The van der Waals surface area contributed by atoms with Crippen LogP contribution in [-0.2, 0) is 14.8 Å². The van der Waals surface area contributed by atoms with E-state index < -0.39 is 37.5 Å². The molecule has 0 bridgehead atoms. The first-order valence-corrected chi connectivity index (χ1v) is 10.3. The van der Waals surface area contributed by atoms with Crippen molar-refractivity contribution in [1.29, 1.82) is 0 Å². The van der Waals surface area contributed by atoms with E-state index in [4.69, 9.17) is 0 Å². The van der Waals surface area contributed by atoms with E-state index in [9.17, 15) is 23.3 Å². The van der Waals surface area contributed by atoms with Crippen molar-refractivity contribution in [3.8, 4) is 11.1 Å². The van der Waals surface area contributed by atoms with Crippen molar-refractivity contribution >= 4 is 21.6 Å². The summed E-state index contributed by atoms with van der Waals surface area (Å²) in [5.41, 5.74) is 2.10. The number of para-hydroxylation sites is 1. The van der Waals surface area contributed by atoms with Gasteiger partial charge >= 0.3 is 0 Å². The SMILES string of the molecule is O=C1C[C@H](c2ccc(-c3ccccc3)cc2)N1S(=O)(=O)c1ccccc1[N+](=O)[O-]. The van der Waals surface area contributed by atoms with Crippen LogP contribution >= 0.6 is 0 Å². The molecule has 0 aromatic heterocycles. The summed E-state index contributed by atoms with van der Waals surface area (Å²) in [5.74, 6) is -0.583. The standard InChI is InChI=1S/C21H16N2O5S/c24-21-14-19(17-12-10-16(11-13-17)15-6-2-1-3-7-15)22(21)29(27,28)20-9-5-4-8-18(20)23(25)26/h1-13,19H,14H2/t19-/m1/s1. The minimum atomic E-state index is -4.34. The zero-order valence-corrected chi connectivity index (χ0v) is 16.0. The average molecular weight is 408 g/mol. The van der Waals surface area contributed by atoms with Crippen LogP contribution in [0, 0.1) is 10.1 Å². The van der Waals surface area contributed by atoms with Crippen LogP contribution in [0.5, 0.6) is 0 Å². The Hall–Kier alpha value is -3.52. The van der Waals surface area contributed by atoms with Crippen molar-refractivity contribution in [2.24, 2.45) is 0 Å². The van der Waals surface area contributed by atoms with Gasteiger partial charge in [-0.3, -0.25) is 14.9 Å². The molecule has 8 heteroatoms. The predicted molar refractivity (Wildman–Crippen MR) is 106 cm³/mol. The van der Waals surface area contributed by atoms with Gasteiger partial charge in [-0.1, -0.05) is 66.7 Å². The number of nitro groups is 1. The van der Waals surface area contributed by atoms with Gasteiger partial charge in [0, 0.05) is 6.07 Å². The van der Waals surface area contributed by atoms with Crippen LogP contribution in [0.25, 0.3) is 11.1 Å². The number of nitro benzene ring substituents is 1. The van der Waals surface area contributed by atoms with E-state index >= 15 is 0 Å². The molecule has 7 nitrogen and oxygen atoms in total. The van der Waals surface area contributed by atoms with Gasteiger partial charge in [0.05, 0.1) is 17.4 Å². The number of hydrogen-bond donors (Lipinski definition) is 0. The Morgan fingerprint density at radius 1 is 0.862 bits per heavy atom. The van der Waals surface area contributed by atoms with Crippen molar-refractivity contribution in [1.82, 2.24) is 4.31 Å². The Morgan fingerprint density at radius 2 is 1.45 bits per heavy atom. The lowest BCUT2D eigenvalue weighted by atomic mass is 9.95. The zero-order valence-electron chi connectivity index (χ0n) is 15.1. The molecular weight excluding hydrogens is 392 g/mol. The van der Waals surface area contributed by atoms with E-state index in [1.54, 1.807) is 12.1 Å². The summed E-state index contributed by atoms with van der Waals surface area (Å²) >= 11 is 0. The summed E-state index contributed by atoms with van der Waals surface area (Å²) in [4.78, 5) is 22.2. The fraction of sp³-hybridized carbons (Fsp3) is 0.0952. The molecule has 146 valence electrons. The van der Waals surface area contributed by atoms with Crippen molar-refractivity contribution in [3.05, 3.63) is 94.5 Å². The van der Waals surface area contributed by atoms with Crippen LogP contribution in [0.3, 0.4) is 0 Å². The van der Waals surface area contributed by atoms with Gasteiger partial charge in [-0.2, -0.15) is 0 Å². The summed E-state index contributed by atoms with van der Waals surface area (Å²) < 4.78 is 26.8. The first-order valence-electron chi connectivity index (χ1n) is 8.85. The van der Waals surface area contributed by atoms with Crippen LogP contribution in [0.15, 0.2) is 83.8 Å². The smallest absolute Gasteiger partial charge is 0.274 e. The number of amides is 1. The number of rotatable bonds is 5.